The number of rotatable bonds is 3. The normalized spacial score (nSPS) is 12.9. The summed E-state index contributed by atoms with van der Waals surface area (Å²) in [6, 6.07) is 1.14. The molecule has 78 valence electrons. The molecule has 0 unspecified atom stereocenters. The van der Waals surface area contributed by atoms with Crippen molar-refractivity contribution in [1.82, 2.24) is 0 Å². The van der Waals surface area contributed by atoms with Gasteiger partial charge in [-0.15, -0.1) is 0 Å². The lowest BCUT2D eigenvalue weighted by atomic mass is 10.1. The van der Waals surface area contributed by atoms with Gasteiger partial charge < -0.3 is 10.8 Å². The first kappa shape index (κ1) is 11.0. The van der Waals surface area contributed by atoms with Gasteiger partial charge in [0.1, 0.15) is 0 Å². The maximum Gasteiger partial charge on any atom is 0.194 e. The molecule has 3 N–H and O–H groups in total. The molecule has 14 heavy (non-hydrogen) atoms. The molecular formula is C9H10F3NO. The lowest BCUT2D eigenvalue weighted by Crippen LogP contribution is -2.26. The number of hydrogen-bond acceptors (Lipinski definition) is 2. The SMILES string of the molecule is N[C@@H](CO)Cc1cc(F)c(F)c(F)c1. The van der Waals surface area contributed by atoms with Gasteiger partial charge in [-0.2, -0.15) is 0 Å². The molecule has 1 rings (SSSR count). The number of aliphatic hydroxyl groups excluding tert-OH is 1. The summed E-state index contributed by atoms with van der Waals surface area (Å²) in [6.45, 7) is -0.291. The second kappa shape index (κ2) is 4.43. The van der Waals surface area contributed by atoms with Crippen LogP contribution in [0.2, 0.25) is 0 Å². The highest BCUT2D eigenvalue weighted by molar-refractivity contribution is 5.20. The lowest BCUT2D eigenvalue weighted by molar-refractivity contribution is 0.265. The van der Waals surface area contributed by atoms with Crippen molar-refractivity contribution in [3.63, 3.8) is 0 Å². The van der Waals surface area contributed by atoms with E-state index in [9.17, 15) is 13.2 Å². The van der Waals surface area contributed by atoms with E-state index in [1.54, 1.807) is 0 Å². The van der Waals surface area contributed by atoms with Crippen LogP contribution >= 0.6 is 0 Å². The van der Waals surface area contributed by atoms with Crippen LogP contribution in [0.25, 0.3) is 0 Å². The highest BCUT2D eigenvalue weighted by Gasteiger charge is 2.11. The van der Waals surface area contributed by atoms with Gasteiger partial charge in [-0.3, -0.25) is 0 Å². The van der Waals surface area contributed by atoms with Gasteiger partial charge in [0.2, 0.25) is 0 Å². The Labute approximate surface area is 79.2 Å². The summed E-state index contributed by atoms with van der Waals surface area (Å²) in [7, 11) is 0. The summed E-state index contributed by atoms with van der Waals surface area (Å²) in [5, 5.41) is 8.60. The predicted octanol–water partition coefficient (Wildman–Crippen LogP) is 0.966. The molecule has 0 fully saturated rings. The molecule has 2 nitrogen and oxygen atoms in total. The highest BCUT2D eigenvalue weighted by atomic mass is 19.2. The monoisotopic (exact) mass is 205 g/mol. The first-order chi connectivity index (χ1) is 6.54. The van der Waals surface area contributed by atoms with Crippen LogP contribution in [0.5, 0.6) is 0 Å². The minimum Gasteiger partial charge on any atom is -0.395 e. The molecule has 0 aliphatic heterocycles. The molecule has 0 aromatic heterocycles. The minimum absolute atomic E-state index is 0.102. The molecule has 0 aliphatic carbocycles. The molecule has 0 bridgehead atoms. The predicted molar refractivity (Wildman–Crippen MR) is 45.1 cm³/mol. The summed E-state index contributed by atoms with van der Waals surface area (Å²) < 4.78 is 37.9. The summed E-state index contributed by atoms with van der Waals surface area (Å²) in [5.74, 6) is -3.98. The standard InChI is InChI=1S/C9H10F3NO/c10-7-2-5(1-6(13)4-14)3-8(11)9(7)12/h2-3,6,14H,1,4,13H2/t6-/m1/s1. The molecular weight excluding hydrogens is 195 g/mol. The van der Waals surface area contributed by atoms with E-state index < -0.39 is 23.5 Å². The van der Waals surface area contributed by atoms with Crippen molar-refractivity contribution in [3.05, 3.63) is 35.1 Å². The molecule has 0 aliphatic rings. The quantitative estimate of drug-likeness (QED) is 0.722. The Balaban J connectivity index is 2.89. The van der Waals surface area contributed by atoms with Gasteiger partial charge in [0.15, 0.2) is 17.5 Å². The van der Waals surface area contributed by atoms with E-state index in [1.807, 2.05) is 0 Å². The second-order valence-corrected chi connectivity index (χ2v) is 3.02. The molecule has 5 heteroatoms. The Kier molecular flexibility index (Phi) is 3.49. The van der Waals surface area contributed by atoms with E-state index in [0.29, 0.717) is 0 Å². The van der Waals surface area contributed by atoms with Crippen LogP contribution in [-0.4, -0.2) is 17.8 Å². The molecule has 0 heterocycles. The summed E-state index contributed by atoms with van der Waals surface area (Å²) in [6.07, 6.45) is 0.102. The number of benzene rings is 1. The fraction of sp³-hybridized carbons (Fsp3) is 0.333. The zero-order chi connectivity index (χ0) is 10.7. The zero-order valence-electron chi connectivity index (χ0n) is 7.30. The molecule has 0 spiro atoms. The van der Waals surface area contributed by atoms with Crippen molar-refractivity contribution in [1.29, 1.82) is 0 Å². The minimum atomic E-state index is -1.49. The zero-order valence-corrected chi connectivity index (χ0v) is 7.30. The van der Waals surface area contributed by atoms with Gasteiger partial charge in [-0.1, -0.05) is 0 Å². The van der Waals surface area contributed by atoms with Crippen LogP contribution in [0.3, 0.4) is 0 Å². The van der Waals surface area contributed by atoms with Gasteiger partial charge in [-0.25, -0.2) is 13.2 Å². The third-order valence-corrected chi connectivity index (χ3v) is 1.78. The van der Waals surface area contributed by atoms with Crippen LogP contribution in [-0.2, 0) is 6.42 Å². The molecule has 0 saturated heterocycles. The first-order valence-electron chi connectivity index (χ1n) is 4.04. The molecule has 0 radical (unpaired) electrons. The van der Waals surface area contributed by atoms with Crippen molar-refractivity contribution < 1.29 is 18.3 Å². The fourth-order valence-electron chi connectivity index (χ4n) is 1.09. The number of halogens is 3. The van der Waals surface area contributed by atoms with Crippen molar-refractivity contribution in [2.24, 2.45) is 5.73 Å². The maximum atomic E-state index is 12.7. The number of hydrogen-bond donors (Lipinski definition) is 2. The third-order valence-electron chi connectivity index (χ3n) is 1.78. The number of aliphatic hydroxyl groups is 1. The summed E-state index contributed by atoms with van der Waals surface area (Å²) in [4.78, 5) is 0. The van der Waals surface area contributed by atoms with Gasteiger partial charge in [-0.05, 0) is 24.1 Å². The fourth-order valence-corrected chi connectivity index (χ4v) is 1.09. The van der Waals surface area contributed by atoms with E-state index in [4.69, 9.17) is 10.8 Å². The average Bonchev–Trinajstić information content (AvgIpc) is 2.14. The van der Waals surface area contributed by atoms with Gasteiger partial charge in [0, 0.05) is 6.04 Å². The van der Waals surface area contributed by atoms with Crippen molar-refractivity contribution in [3.8, 4) is 0 Å². The van der Waals surface area contributed by atoms with E-state index in [-0.39, 0.29) is 18.6 Å². The van der Waals surface area contributed by atoms with Gasteiger partial charge >= 0.3 is 0 Å². The highest BCUT2D eigenvalue weighted by Crippen LogP contribution is 2.14. The topological polar surface area (TPSA) is 46.2 Å². The molecule has 1 aromatic carbocycles. The van der Waals surface area contributed by atoms with Crippen molar-refractivity contribution in [2.45, 2.75) is 12.5 Å². The molecule has 1 atom stereocenters. The van der Waals surface area contributed by atoms with E-state index in [0.717, 1.165) is 12.1 Å². The Morgan fingerprint density at radius 3 is 2.14 bits per heavy atom. The Morgan fingerprint density at radius 2 is 1.71 bits per heavy atom. The molecule has 0 saturated carbocycles. The van der Waals surface area contributed by atoms with Crippen molar-refractivity contribution in [2.75, 3.05) is 6.61 Å². The van der Waals surface area contributed by atoms with E-state index in [2.05, 4.69) is 0 Å². The largest absolute Gasteiger partial charge is 0.395 e. The van der Waals surface area contributed by atoms with E-state index >= 15 is 0 Å². The van der Waals surface area contributed by atoms with Crippen LogP contribution in [0, 0.1) is 17.5 Å². The summed E-state index contributed by atoms with van der Waals surface area (Å²) in [5.41, 5.74) is 5.58. The van der Waals surface area contributed by atoms with E-state index in [1.165, 1.54) is 0 Å². The smallest absolute Gasteiger partial charge is 0.194 e. The summed E-state index contributed by atoms with van der Waals surface area (Å²) >= 11 is 0. The van der Waals surface area contributed by atoms with Crippen LogP contribution in [0.15, 0.2) is 12.1 Å². The molecule has 1 aromatic rings. The van der Waals surface area contributed by atoms with Crippen LogP contribution < -0.4 is 5.73 Å². The number of nitrogens with two attached hydrogens (primary N) is 1. The Morgan fingerprint density at radius 1 is 1.21 bits per heavy atom. The lowest BCUT2D eigenvalue weighted by Gasteiger charge is -2.08. The third kappa shape index (κ3) is 2.46. The van der Waals surface area contributed by atoms with Crippen molar-refractivity contribution >= 4 is 0 Å². The van der Waals surface area contributed by atoms with Gasteiger partial charge in [0.25, 0.3) is 0 Å². The van der Waals surface area contributed by atoms with Gasteiger partial charge in [0.05, 0.1) is 6.61 Å². The van der Waals surface area contributed by atoms with Crippen LogP contribution in [0.4, 0.5) is 13.2 Å². The second-order valence-electron chi connectivity index (χ2n) is 3.02. The molecule has 0 amide bonds. The van der Waals surface area contributed by atoms with Crippen LogP contribution in [0.1, 0.15) is 5.56 Å². The first-order valence-corrected chi connectivity index (χ1v) is 4.04. The Hall–Kier alpha value is -1.07. The Bertz CT molecular complexity index is 307. The maximum absolute atomic E-state index is 12.7. The average molecular weight is 205 g/mol.